The maximum atomic E-state index is 12.1. The molecule has 4 heteroatoms. The Kier molecular flexibility index (Phi) is 5.61. The molecule has 0 aromatic heterocycles. The van der Waals surface area contributed by atoms with Gasteiger partial charge in [-0.15, -0.1) is 0 Å². The molecule has 1 unspecified atom stereocenters. The summed E-state index contributed by atoms with van der Waals surface area (Å²) in [6.45, 7) is 4.41. The van der Waals surface area contributed by atoms with Gasteiger partial charge in [0.15, 0.2) is 0 Å². The zero-order valence-corrected chi connectivity index (χ0v) is 14.3. The van der Waals surface area contributed by atoms with Gasteiger partial charge in [-0.05, 0) is 72.8 Å². The van der Waals surface area contributed by atoms with Crippen LogP contribution in [0.3, 0.4) is 0 Å². The molecule has 0 spiro atoms. The van der Waals surface area contributed by atoms with Crippen molar-refractivity contribution < 1.29 is 9.53 Å². The number of hydrogen-bond donors (Lipinski definition) is 1. The molecule has 1 atom stereocenters. The molecule has 2 aromatic carbocycles. The van der Waals surface area contributed by atoms with Crippen molar-refractivity contribution in [2.45, 2.75) is 19.9 Å². The van der Waals surface area contributed by atoms with Gasteiger partial charge in [-0.25, -0.2) is 0 Å². The van der Waals surface area contributed by atoms with Crippen LogP contribution < -0.4 is 10.1 Å². The first kappa shape index (κ1) is 15.8. The molecule has 0 aliphatic carbocycles. The minimum atomic E-state index is -0.0774. The molecule has 110 valence electrons. The van der Waals surface area contributed by atoms with Gasteiger partial charge in [0.25, 0.3) is 5.91 Å². The number of nitrogens with one attached hydrogen (secondary N) is 1. The Morgan fingerprint density at radius 1 is 1.14 bits per heavy atom. The summed E-state index contributed by atoms with van der Waals surface area (Å²) >= 11 is 2.22. The van der Waals surface area contributed by atoms with Crippen molar-refractivity contribution in [3.8, 4) is 5.75 Å². The molecule has 0 saturated carbocycles. The minimum Gasteiger partial charge on any atom is -0.491 e. The number of rotatable bonds is 5. The first-order chi connectivity index (χ1) is 10.0. The molecular weight excluding hydrogens is 377 g/mol. The third kappa shape index (κ3) is 5.04. The Morgan fingerprint density at radius 2 is 1.76 bits per heavy atom. The average molecular weight is 395 g/mol. The van der Waals surface area contributed by atoms with Crippen molar-refractivity contribution in [3.05, 3.63) is 63.2 Å². The first-order valence-corrected chi connectivity index (χ1v) is 7.88. The van der Waals surface area contributed by atoms with E-state index in [0.717, 1.165) is 9.32 Å². The van der Waals surface area contributed by atoms with Gasteiger partial charge in [-0.2, -0.15) is 0 Å². The highest BCUT2D eigenvalue weighted by molar-refractivity contribution is 14.1. The molecule has 2 rings (SSSR count). The van der Waals surface area contributed by atoms with E-state index in [1.807, 2.05) is 62.4 Å². The highest BCUT2D eigenvalue weighted by Gasteiger charge is 2.10. The van der Waals surface area contributed by atoms with Crippen LogP contribution in [-0.2, 0) is 0 Å². The van der Waals surface area contributed by atoms with Gasteiger partial charge in [-0.1, -0.05) is 17.7 Å². The standard InChI is InChI=1S/C17H18INO2/c1-12-3-9-16(10-4-12)21-11-13(2)19-17(20)14-5-7-15(18)8-6-14/h3-10,13H,11H2,1-2H3,(H,19,20). The summed E-state index contributed by atoms with van der Waals surface area (Å²) in [5, 5.41) is 2.93. The predicted molar refractivity (Wildman–Crippen MR) is 92.8 cm³/mol. The van der Waals surface area contributed by atoms with Crippen LogP contribution in [0.1, 0.15) is 22.8 Å². The van der Waals surface area contributed by atoms with Crippen molar-refractivity contribution in [2.24, 2.45) is 0 Å². The van der Waals surface area contributed by atoms with Gasteiger partial charge in [0.1, 0.15) is 12.4 Å². The van der Waals surface area contributed by atoms with E-state index in [-0.39, 0.29) is 11.9 Å². The van der Waals surface area contributed by atoms with Crippen LogP contribution in [0.4, 0.5) is 0 Å². The lowest BCUT2D eigenvalue weighted by Crippen LogP contribution is -2.36. The molecule has 0 saturated heterocycles. The normalized spacial score (nSPS) is 11.8. The minimum absolute atomic E-state index is 0.0573. The van der Waals surface area contributed by atoms with Gasteiger partial charge in [0.05, 0.1) is 6.04 Å². The van der Waals surface area contributed by atoms with Crippen molar-refractivity contribution in [2.75, 3.05) is 6.61 Å². The lowest BCUT2D eigenvalue weighted by molar-refractivity contribution is 0.0926. The Labute approximate surface area is 138 Å². The molecule has 0 radical (unpaired) electrons. The van der Waals surface area contributed by atoms with E-state index in [4.69, 9.17) is 4.74 Å². The molecule has 21 heavy (non-hydrogen) atoms. The number of carbonyl (C=O) groups excluding carboxylic acids is 1. The van der Waals surface area contributed by atoms with Crippen LogP contribution in [0.25, 0.3) is 0 Å². The van der Waals surface area contributed by atoms with E-state index in [0.29, 0.717) is 12.2 Å². The van der Waals surface area contributed by atoms with Crippen molar-refractivity contribution in [1.29, 1.82) is 0 Å². The molecule has 1 N–H and O–H groups in total. The van der Waals surface area contributed by atoms with Gasteiger partial charge >= 0.3 is 0 Å². The third-order valence-electron chi connectivity index (χ3n) is 3.00. The number of hydrogen-bond acceptors (Lipinski definition) is 2. The van der Waals surface area contributed by atoms with Crippen molar-refractivity contribution >= 4 is 28.5 Å². The molecule has 3 nitrogen and oxygen atoms in total. The zero-order chi connectivity index (χ0) is 15.2. The highest BCUT2D eigenvalue weighted by atomic mass is 127. The summed E-state index contributed by atoms with van der Waals surface area (Å²) in [5.41, 5.74) is 1.86. The summed E-state index contributed by atoms with van der Waals surface area (Å²) in [5.74, 6) is 0.738. The maximum Gasteiger partial charge on any atom is 0.251 e. The SMILES string of the molecule is Cc1ccc(OCC(C)NC(=O)c2ccc(I)cc2)cc1. The molecule has 0 heterocycles. The fraction of sp³-hybridized carbons (Fsp3) is 0.235. The second-order valence-corrected chi connectivity index (χ2v) is 6.25. The molecule has 1 amide bonds. The quantitative estimate of drug-likeness (QED) is 0.783. The van der Waals surface area contributed by atoms with E-state index in [1.54, 1.807) is 0 Å². The Balaban J connectivity index is 1.83. The molecule has 0 fully saturated rings. The van der Waals surface area contributed by atoms with Crippen LogP contribution in [0.15, 0.2) is 48.5 Å². The van der Waals surface area contributed by atoms with Crippen molar-refractivity contribution in [1.82, 2.24) is 5.32 Å². The number of benzene rings is 2. The lowest BCUT2D eigenvalue weighted by Gasteiger charge is -2.15. The maximum absolute atomic E-state index is 12.1. The summed E-state index contributed by atoms with van der Waals surface area (Å²) in [7, 11) is 0. The second kappa shape index (κ2) is 7.45. The van der Waals surface area contributed by atoms with E-state index in [2.05, 4.69) is 27.9 Å². The summed E-state index contributed by atoms with van der Waals surface area (Å²) in [4.78, 5) is 12.1. The fourth-order valence-electron chi connectivity index (χ4n) is 1.81. The summed E-state index contributed by atoms with van der Waals surface area (Å²) < 4.78 is 6.77. The highest BCUT2D eigenvalue weighted by Crippen LogP contribution is 2.12. The Morgan fingerprint density at radius 3 is 2.38 bits per heavy atom. The van der Waals surface area contributed by atoms with Crippen LogP contribution in [0, 0.1) is 10.5 Å². The van der Waals surface area contributed by atoms with Crippen LogP contribution in [0.2, 0.25) is 0 Å². The van der Waals surface area contributed by atoms with E-state index in [9.17, 15) is 4.79 Å². The lowest BCUT2D eigenvalue weighted by atomic mass is 10.2. The van der Waals surface area contributed by atoms with E-state index in [1.165, 1.54) is 5.56 Å². The number of amides is 1. The molecule has 0 aliphatic rings. The number of carbonyl (C=O) groups is 1. The number of ether oxygens (including phenoxy) is 1. The Hall–Kier alpha value is -1.56. The average Bonchev–Trinajstić information content (AvgIpc) is 2.47. The topological polar surface area (TPSA) is 38.3 Å². The van der Waals surface area contributed by atoms with Crippen LogP contribution in [0.5, 0.6) is 5.75 Å². The molecule has 2 aromatic rings. The third-order valence-corrected chi connectivity index (χ3v) is 3.72. The molecular formula is C17H18INO2. The van der Waals surface area contributed by atoms with Crippen LogP contribution in [-0.4, -0.2) is 18.6 Å². The summed E-state index contributed by atoms with van der Waals surface area (Å²) in [6.07, 6.45) is 0. The monoisotopic (exact) mass is 395 g/mol. The van der Waals surface area contributed by atoms with Gasteiger partial charge in [0.2, 0.25) is 0 Å². The number of halogens is 1. The molecule has 0 bridgehead atoms. The van der Waals surface area contributed by atoms with Crippen molar-refractivity contribution in [3.63, 3.8) is 0 Å². The van der Waals surface area contributed by atoms with Gasteiger partial charge in [0, 0.05) is 9.13 Å². The first-order valence-electron chi connectivity index (χ1n) is 6.80. The molecule has 0 aliphatic heterocycles. The fourth-order valence-corrected chi connectivity index (χ4v) is 2.17. The number of aryl methyl sites for hydroxylation is 1. The van der Waals surface area contributed by atoms with Crippen LogP contribution >= 0.6 is 22.6 Å². The van der Waals surface area contributed by atoms with Gasteiger partial charge in [-0.3, -0.25) is 4.79 Å². The smallest absolute Gasteiger partial charge is 0.251 e. The Bertz CT molecular complexity index is 593. The largest absolute Gasteiger partial charge is 0.491 e. The predicted octanol–water partition coefficient (Wildman–Crippen LogP) is 3.80. The zero-order valence-electron chi connectivity index (χ0n) is 12.1. The van der Waals surface area contributed by atoms with E-state index >= 15 is 0 Å². The van der Waals surface area contributed by atoms with Gasteiger partial charge < -0.3 is 10.1 Å². The second-order valence-electron chi connectivity index (χ2n) is 5.01. The summed E-state index contributed by atoms with van der Waals surface area (Å²) in [6, 6.07) is 15.3. The van der Waals surface area contributed by atoms with E-state index < -0.39 is 0 Å².